The van der Waals surface area contributed by atoms with Crippen molar-refractivity contribution in [2.45, 2.75) is 33.4 Å². The number of aryl methyl sites for hydroxylation is 1. The summed E-state index contributed by atoms with van der Waals surface area (Å²) in [4.78, 5) is 42.7. The van der Waals surface area contributed by atoms with Crippen molar-refractivity contribution in [2.24, 2.45) is 0 Å². The summed E-state index contributed by atoms with van der Waals surface area (Å²) in [6, 6.07) is 8.93. The van der Waals surface area contributed by atoms with E-state index in [0.29, 0.717) is 10.2 Å². The summed E-state index contributed by atoms with van der Waals surface area (Å²) in [5, 5.41) is 5.27. The normalized spacial score (nSPS) is 11.0. The maximum atomic E-state index is 13.0. The van der Waals surface area contributed by atoms with Crippen LogP contribution in [0.1, 0.15) is 18.7 Å². The Labute approximate surface area is 160 Å². The lowest BCUT2D eigenvalue weighted by Crippen LogP contribution is -2.44. The predicted molar refractivity (Wildman–Crippen MR) is 106 cm³/mol. The maximum absolute atomic E-state index is 13.0. The molecule has 0 saturated heterocycles. The molecule has 2 heterocycles. The molecule has 140 valence electrons. The standard InChI is InChI=1S/C19H20N4O3S/c1-11(2)21-19(26)22-14(24)9-23-10-20-17-16(18(23)25)15(12(3)27-17)13-7-5-4-6-8-13/h4-8,10-11H,9H2,1-3H3,(H2,21,22,24,26). The van der Waals surface area contributed by atoms with Crippen molar-refractivity contribution in [1.29, 1.82) is 0 Å². The van der Waals surface area contributed by atoms with E-state index >= 15 is 0 Å². The molecule has 2 aromatic heterocycles. The summed E-state index contributed by atoms with van der Waals surface area (Å²) in [6.45, 7) is 5.24. The molecular formula is C19H20N4O3S. The van der Waals surface area contributed by atoms with E-state index in [0.717, 1.165) is 16.0 Å². The number of hydrogen-bond acceptors (Lipinski definition) is 5. The minimum absolute atomic E-state index is 0.0965. The van der Waals surface area contributed by atoms with Gasteiger partial charge in [-0.1, -0.05) is 30.3 Å². The summed E-state index contributed by atoms with van der Waals surface area (Å²) in [7, 11) is 0. The van der Waals surface area contributed by atoms with Gasteiger partial charge < -0.3 is 5.32 Å². The van der Waals surface area contributed by atoms with Crippen molar-refractivity contribution in [1.82, 2.24) is 20.2 Å². The predicted octanol–water partition coefficient (Wildman–Crippen LogP) is 2.67. The number of urea groups is 1. The van der Waals surface area contributed by atoms with Gasteiger partial charge in [-0.2, -0.15) is 0 Å². The van der Waals surface area contributed by atoms with Crippen LogP contribution in [0.15, 0.2) is 41.5 Å². The molecule has 0 fully saturated rings. The average Bonchev–Trinajstić information content (AvgIpc) is 2.94. The number of thiophene rings is 1. The zero-order chi connectivity index (χ0) is 19.6. The molecule has 0 radical (unpaired) electrons. The van der Waals surface area contributed by atoms with Crippen molar-refractivity contribution in [3.8, 4) is 11.1 Å². The van der Waals surface area contributed by atoms with Crippen molar-refractivity contribution < 1.29 is 9.59 Å². The first-order chi connectivity index (χ1) is 12.9. The fourth-order valence-corrected chi connectivity index (χ4v) is 3.82. The number of carbonyl (C=O) groups excluding carboxylic acids is 2. The Kier molecular flexibility index (Phi) is 5.36. The Balaban J connectivity index is 1.95. The fourth-order valence-electron chi connectivity index (χ4n) is 2.82. The first kappa shape index (κ1) is 18.8. The zero-order valence-electron chi connectivity index (χ0n) is 15.3. The van der Waals surface area contributed by atoms with Gasteiger partial charge >= 0.3 is 6.03 Å². The molecule has 0 aliphatic rings. The molecule has 8 heteroatoms. The second-order valence-electron chi connectivity index (χ2n) is 6.43. The molecule has 0 aliphatic carbocycles. The maximum Gasteiger partial charge on any atom is 0.321 e. The molecule has 3 rings (SSSR count). The number of rotatable bonds is 4. The van der Waals surface area contributed by atoms with Crippen LogP contribution >= 0.6 is 11.3 Å². The molecule has 0 atom stereocenters. The van der Waals surface area contributed by atoms with Crippen LogP contribution in [0.25, 0.3) is 21.3 Å². The first-order valence-corrected chi connectivity index (χ1v) is 9.32. The number of benzene rings is 1. The van der Waals surface area contributed by atoms with Gasteiger partial charge in [0.2, 0.25) is 5.91 Å². The summed E-state index contributed by atoms with van der Waals surface area (Å²) in [5.74, 6) is -0.579. The second-order valence-corrected chi connectivity index (χ2v) is 7.64. The van der Waals surface area contributed by atoms with Crippen LogP contribution in [0, 0.1) is 6.92 Å². The smallest absolute Gasteiger partial charge is 0.321 e. The lowest BCUT2D eigenvalue weighted by atomic mass is 10.0. The summed E-state index contributed by atoms with van der Waals surface area (Å²) >= 11 is 1.44. The van der Waals surface area contributed by atoms with Crippen LogP contribution in [-0.2, 0) is 11.3 Å². The Bertz CT molecular complexity index is 1050. The molecule has 3 amide bonds. The number of hydrogen-bond donors (Lipinski definition) is 2. The van der Waals surface area contributed by atoms with Gasteiger partial charge in [0.05, 0.1) is 11.7 Å². The topological polar surface area (TPSA) is 93.1 Å². The number of fused-ring (bicyclic) bond motifs is 1. The second kappa shape index (κ2) is 7.71. The van der Waals surface area contributed by atoms with E-state index in [1.807, 2.05) is 37.3 Å². The summed E-state index contributed by atoms with van der Waals surface area (Å²) in [6.07, 6.45) is 1.34. The highest BCUT2D eigenvalue weighted by atomic mass is 32.1. The number of nitrogens with zero attached hydrogens (tertiary/aromatic N) is 2. The van der Waals surface area contributed by atoms with Gasteiger partial charge in [0.1, 0.15) is 11.4 Å². The Morgan fingerprint density at radius 1 is 1.22 bits per heavy atom. The lowest BCUT2D eigenvalue weighted by Gasteiger charge is -2.10. The van der Waals surface area contributed by atoms with E-state index < -0.39 is 11.9 Å². The minimum Gasteiger partial charge on any atom is -0.336 e. The number of aromatic nitrogens is 2. The van der Waals surface area contributed by atoms with Crippen molar-refractivity contribution in [2.75, 3.05) is 0 Å². The van der Waals surface area contributed by atoms with Gasteiger partial charge in [0.25, 0.3) is 5.56 Å². The van der Waals surface area contributed by atoms with Gasteiger partial charge in [-0.25, -0.2) is 9.78 Å². The molecule has 0 bridgehead atoms. The van der Waals surface area contributed by atoms with E-state index in [1.165, 1.54) is 22.2 Å². The number of amides is 3. The summed E-state index contributed by atoms with van der Waals surface area (Å²) < 4.78 is 1.22. The van der Waals surface area contributed by atoms with E-state index in [2.05, 4.69) is 15.6 Å². The average molecular weight is 384 g/mol. The third-order valence-corrected chi connectivity index (χ3v) is 4.92. The molecule has 7 nitrogen and oxygen atoms in total. The van der Waals surface area contributed by atoms with Crippen LogP contribution in [0.5, 0.6) is 0 Å². The minimum atomic E-state index is -0.589. The van der Waals surface area contributed by atoms with Gasteiger partial charge in [0, 0.05) is 16.5 Å². The lowest BCUT2D eigenvalue weighted by molar-refractivity contribution is -0.120. The van der Waals surface area contributed by atoms with Gasteiger partial charge in [-0.3, -0.25) is 19.5 Å². The molecule has 1 aromatic carbocycles. The highest BCUT2D eigenvalue weighted by Crippen LogP contribution is 2.35. The highest BCUT2D eigenvalue weighted by Gasteiger charge is 2.18. The number of nitrogens with one attached hydrogen (secondary N) is 2. The van der Waals surface area contributed by atoms with Crippen molar-refractivity contribution >= 4 is 33.5 Å². The Morgan fingerprint density at radius 3 is 2.59 bits per heavy atom. The molecule has 3 aromatic rings. The van der Waals surface area contributed by atoms with Gasteiger partial charge in [0.15, 0.2) is 0 Å². The van der Waals surface area contributed by atoms with Crippen LogP contribution in [0.3, 0.4) is 0 Å². The fraction of sp³-hybridized carbons (Fsp3) is 0.263. The highest BCUT2D eigenvalue weighted by molar-refractivity contribution is 7.19. The van der Waals surface area contributed by atoms with Crippen molar-refractivity contribution in [3.63, 3.8) is 0 Å². The number of carbonyl (C=O) groups is 2. The van der Waals surface area contributed by atoms with Gasteiger partial charge in [-0.05, 0) is 26.3 Å². The van der Waals surface area contributed by atoms with E-state index in [-0.39, 0.29) is 18.1 Å². The van der Waals surface area contributed by atoms with Gasteiger partial charge in [-0.15, -0.1) is 11.3 Å². The van der Waals surface area contributed by atoms with Crippen molar-refractivity contribution in [3.05, 3.63) is 51.9 Å². The zero-order valence-corrected chi connectivity index (χ0v) is 16.1. The van der Waals surface area contributed by atoms with Crippen LogP contribution in [0.4, 0.5) is 4.79 Å². The molecule has 0 spiro atoms. The molecule has 2 N–H and O–H groups in total. The third-order valence-electron chi connectivity index (χ3n) is 3.90. The van der Waals surface area contributed by atoms with Crippen LogP contribution in [0.2, 0.25) is 0 Å². The molecule has 0 aliphatic heterocycles. The molecule has 0 unspecified atom stereocenters. The van der Waals surface area contributed by atoms with E-state index in [1.54, 1.807) is 13.8 Å². The third kappa shape index (κ3) is 4.06. The Morgan fingerprint density at radius 2 is 1.93 bits per heavy atom. The molecular weight excluding hydrogens is 364 g/mol. The van der Waals surface area contributed by atoms with E-state index in [9.17, 15) is 14.4 Å². The Hall–Kier alpha value is -3.00. The monoisotopic (exact) mass is 384 g/mol. The SMILES string of the molecule is Cc1sc2ncn(CC(=O)NC(=O)NC(C)C)c(=O)c2c1-c1ccccc1. The van der Waals surface area contributed by atoms with Crippen LogP contribution < -0.4 is 16.2 Å². The van der Waals surface area contributed by atoms with Crippen LogP contribution in [-0.4, -0.2) is 27.5 Å². The molecule has 0 saturated carbocycles. The largest absolute Gasteiger partial charge is 0.336 e. The van der Waals surface area contributed by atoms with E-state index in [4.69, 9.17) is 0 Å². The first-order valence-electron chi connectivity index (χ1n) is 8.51. The molecule has 27 heavy (non-hydrogen) atoms. The number of imide groups is 1. The summed E-state index contributed by atoms with van der Waals surface area (Å²) in [5.41, 5.74) is 1.46. The quantitative estimate of drug-likeness (QED) is 0.723.